The van der Waals surface area contributed by atoms with Crippen molar-refractivity contribution < 1.29 is 9.15 Å². The Balaban J connectivity index is 2.35. The summed E-state index contributed by atoms with van der Waals surface area (Å²) < 4.78 is 10.9. The molecule has 92 valence electrons. The Labute approximate surface area is 102 Å². The normalized spacial score (nSPS) is 11.2. The maximum Gasteiger partial charge on any atom is 0.134 e. The van der Waals surface area contributed by atoms with Crippen LogP contribution in [-0.4, -0.2) is 20.8 Å². The lowest BCUT2D eigenvalue weighted by Crippen LogP contribution is -2.04. The number of nitrogens with one attached hydrogen (secondary N) is 1. The van der Waals surface area contributed by atoms with Gasteiger partial charge in [-0.3, -0.25) is 0 Å². The van der Waals surface area contributed by atoms with Crippen molar-refractivity contribution in [3.05, 3.63) is 35.1 Å². The molecule has 3 heteroatoms. The number of benzene rings is 1. The molecule has 3 nitrogen and oxygen atoms in total. The fraction of sp³-hybridized carbons (Fsp3) is 0.429. The van der Waals surface area contributed by atoms with Gasteiger partial charge in [0, 0.05) is 12.5 Å². The van der Waals surface area contributed by atoms with E-state index in [0.29, 0.717) is 0 Å². The van der Waals surface area contributed by atoms with Gasteiger partial charge in [0.05, 0.1) is 13.2 Å². The Hall–Kier alpha value is -1.32. The minimum absolute atomic E-state index is 0.756. The van der Waals surface area contributed by atoms with Crippen molar-refractivity contribution >= 4 is 11.0 Å². The molecule has 1 aromatic heterocycles. The van der Waals surface area contributed by atoms with Crippen LogP contribution in [0.15, 0.2) is 22.6 Å². The average Bonchev–Trinajstić information content (AvgIpc) is 2.65. The van der Waals surface area contributed by atoms with Crippen LogP contribution >= 0.6 is 0 Å². The van der Waals surface area contributed by atoms with Gasteiger partial charge in [0.1, 0.15) is 11.3 Å². The number of methoxy groups -OCH3 is 1. The molecule has 0 saturated carbocycles. The quantitative estimate of drug-likeness (QED) is 0.862. The monoisotopic (exact) mass is 233 g/mol. The standard InChI is InChI=1S/C14H19NO2/c1-10-12-8-11(6-7-16-3)4-5-13(12)17-14(10)9-15-2/h4-5,8,15H,6-7,9H2,1-3H3. The van der Waals surface area contributed by atoms with Crippen LogP contribution in [0.2, 0.25) is 0 Å². The van der Waals surface area contributed by atoms with E-state index in [2.05, 4.69) is 24.4 Å². The summed E-state index contributed by atoms with van der Waals surface area (Å²) in [6.45, 7) is 3.64. The molecule has 0 radical (unpaired) electrons. The van der Waals surface area contributed by atoms with Crippen LogP contribution in [0.1, 0.15) is 16.9 Å². The van der Waals surface area contributed by atoms with E-state index in [9.17, 15) is 0 Å². The lowest BCUT2D eigenvalue weighted by Gasteiger charge is -2.00. The molecule has 17 heavy (non-hydrogen) atoms. The van der Waals surface area contributed by atoms with Gasteiger partial charge in [-0.1, -0.05) is 6.07 Å². The van der Waals surface area contributed by atoms with Crippen molar-refractivity contribution in [3.63, 3.8) is 0 Å². The molecule has 0 amide bonds. The number of furan rings is 1. The zero-order valence-electron chi connectivity index (χ0n) is 10.7. The Morgan fingerprint density at radius 2 is 2.18 bits per heavy atom. The SMILES string of the molecule is CNCc1oc2ccc(CCOC)cc2c1C. The first kappa shape index (κ1) is 12.1. The van der Waals surface area contributed by atoms with Gasteiger partial charge in [0.25, 0.3) is 0 Å². The van der Waals surface area contributed by atoms with Gasteiger partial charge in [-0.25, -0.2) is 0 Å². The Morgan fingerprint density at radius 1 is 1.35 bits per heavy atom. The summed E-state index contributed by atoms with van der Waals surface area (Å²) in [5.41, 5.74) is 3.49. The molecular weight excluding hydrogens is 214 g/mol. The van der Waals surface area contributed by atoms with Crippen LogP contribution in [0.5, 0.6) is 0 Å². The van der Waals surface area contributed by atoms with E-state index in [1.54, 1.807) is 7.11 Å². The van der Waals surface area contributed by atoms with Crippen molar-refractivity contribution in [2.75, 3.05) is 20.8 Å². The lowest BCUT2D eigenvalue weighted by molar-refractivity contribution is 0.202. The van der Waals surface area contributed by atoms with Gasteiger partial charge < -0.3 is 14.5 Å². The van der Waals surface area contributed by atoms with Gasteiger partial charge in [-0.2, -0.15) is 0 Å². The molecule has 0 atom stereocenters. The van der Waals surface area contributed by atoms with Gasteiger partial charge in [-0.05, 0) is 43.7 Å². The third-order valence-electron chi connectivity index (χ3n) is 3.03. The molecule has 1 aromatic carbocycles. The predicted octanol–water partition coefficient (Wildman–Crippen LogP) is 2.65. The minimum atomic E-state index is 0.756. The highest BCUT2D eigenvalue weighted by Gasteiger charge is 2.09. The molecule has 0 aliphatic carbocycles. The van der Waals surface area contributed by atoms with Crippen LogP contribution < -0.4 is 5.32 Å². The zero-order valence-corrected chi connectivity index (χ0v) is 10.7. The van der Waals surface area contributed by atoms with E-state index >= 15 is 0 Å². The molecule has 0 unspecified atom stereocenters. The summed E-state index contributed by atoms with van der Waals surface area (Å²) in [5, 5.41) is 4.33. The van der Waals surface area contributed by atoms with Crippen LogP contribution in [0.3, 0.4) is 0 Å². The fourth-order valence-electron chi connectivity index (χ4n) is 2.02. The summed E-state index contributed by atoms with van der Waals surface area (Å²) in [4.78, 5) is 0. The van der Waals surface area contributed by atoms with Crippen LogP contribution in [0, 0.1) is 6.92 Å². The first-order valence-electron chi connectivity index (χ1n) is 5.90. The van der Waals surface area contributed by atoms with Crippen molar-refractivity contribution in [3.8, 4) is 0 Å². The maximum absolute atomic E-state index is 5.80. The Kier molecular flexibility index (Phi) is 3.82. The van der Waals surface area contributed by atoms with E-state index in [0.717, 1.165) is 30.9 Å². The van der Waals surface area contributed by atoms with Crippen LogP contribution in [0.4, 0.5) is 0 Å². The number of ether oxygens (including phenoxy) is 1. The van der Waals surface area contributed by atoms with Crippen molar-refractivity contribution in [1.82, 2.24) is 5.32 Å². The zero-order chi connectivity index (χ0) is 12.3. The van der Waals surface area contributed by atoms with Gasteiger partial charge >= 0.3 is 0 Å². The summed E-state index contributed by atoms with van der Waals surface area (Å²) in [6.07, 6.45) is 0.943. The van der Waals surface area contributed by atoms with E-state index in [4.69, 9.17) is 9.15 Å². The molecule has 2 rings (SSSR count). The topological polar surface area (TPSA) is 34.4 Å². The highest BCUT2D eigenvalue weighted by molar-refractivity contribution is 5.82. The first-order valence-corrected chi connectivity index (χ1v) is 5.90. The summed E-state index contributed by atoms with van der Waals surface area (Å²) >= 11 is 0. The van der Waals surface area contributed by atoms with E-state index in [1.165, 1.54) is 16.5 Å². The highest BCUT2D eigenvalue weighted by Crippen LogP contribution is 2.26. The van der Waals surface area contributed by atoms with Crippen molar-refractivity contribution in [2.24, 2.45) is 0 Å². The van der Waals surface area contributed by atoms with Gasteiger partial charge in [-0.15, -0.1) is 0 Å². The number of rotatable bonds is 5. The largest absolute Gasteiger partial charge is 0.459 e. The highest BCUT2D eigenvalue weighted by atomic mass is 16.5. The van der Waals surface area contributed by atoms with Crippen LogP contribution in [0.25, 0.3) is 11.0 Å². The number of hydrogen-bond acceptors (Lipinski definition) is 3. The molecule has 0 bridgehead atoms. The van der Waals surface area contributed by atoms with Gasteiger partial charge in [0.15, 0.2) is 0 Å². The van der Waals surface area contributed by atoms with E-state index in [-0.39, 0.29) is 0 Å². The number of hydrogen-bond donors (Lipinski definition) is 1. The second kappa shape index (κ2) is 5.34. The molecular formula is C14H19NO2. The second-order valence-corrected chi connectivity index (χ2v) is 4.25. The summed E-state index contributed by atoms with van der Waals surface area (Å²) in [7, 11) is 3.66. The Morgan fingerprint density at radius 3 is 2.88 bits per heavy atom. The second-order valence-electron chi connectivity index (χ2n) is 4.25. The van der Waals surface area contributed by atoms with E-state index in [1.807, 2.05) is 13.1 Å². The molecule has 0 fully saturated rings. The average molecular weight is 233 g/mol. The molecule has 0 aliphatic rings. The number of aryl methyl sites for hydroxylation is 1. The molecule has 2 aromatic rings. The van der Waals surface area contributed by atoms with E-state index < -0.39 is 0 Å². The predicted molar refractivity (Wildman–Crippen MR) is 69.3 cm³/mol. The molecule has 1 heterocycles. The fourth-order valence-corrected chi connectivity index (χ4v) is 2.02. The minimum Gasteiger partial charge on any atom is -0.459 e. The third-order valence-corrected chi connectivity index (χ3v) is 3.03. The lowest BCUT2D eigenvalue weighted by atomic mass is 10.1. The molecule has 0 saturated heterocycles. The first-order chi connectivity index (χ1) is 8.26. The Bertz CT molecular complexity index is 502. The van der Waals surface area contributed by atoms with Crippen LogP contribution in [-0.2, 0) is 17.7 Å². The summed E-state index contributed by atoms with van der Waals surface area (Å²) in [6, 6.07) is 6.35. The molecule has 0 spiro atoms. The van der Waals surface area contributed by atoms with Gasteiger partial charge in [0.2, 0.25) is 0 Å². The number of fused-ring (bicyclic) bond motifs is 1. The van der Waals surface area contributed by atoms with Crippen molar-refractivity contribution in [1.29, 1.82) is 0 Å². The molecule has 1 N–H and O–H groups in total. The van der Waals surface area contributed by atoms with Crippen molar-refractivity contribution in [2.45, 2.75) is 19.9 Å². The summed E-state index contributed by atoms with van der Waals surface area (Å²) in [5.74, 6) is 1.02. The maximum atomic E-state index is 5.80. The third kappa shape index (κ3) is 2.51. The molecule has 0 aliphatic heterocycles. The smallest absolute Gasteiger partial charge is 0.134 e.